The summed E-state index contributed by atoms with van der Waals surface area (Å²) in [6, 6.07) is 4.88. The number of carboxylic acids is 1. The monoisotopic (exact) mass is 221 g/mol. The highest BCUT2D eigenvalue weighted by Gasteiger charge is 2.10. The van der Waals surface area contributed by atoms with Crippen LogP contribution in [0.25, 0.3) is 0 Å². The maximum absolute atomic E-state index is 11.3. The van der Waals surface area contributed by atoms with Gasteiger partial charge in [0.05, 0.1) is 12.5 Å². The molecule has 1 rings (SSSR count). The number of amides is 1. The van der Waals surface area contributed by atoms with E-state index in [1.807, 2.05) is 6.07 Å². The van der Waals surface area contributed by atoms with E-state index in [0.717, 1.165) is 0 Å². The van der Waals surface area contributed by atoms with Crippen molar-refractivity contribution in [1.82, 2.24) is 9.88 Å². The van der Waals surface area contributed by atoms with E-state index in [2.05, 4.69) is 5.32 Å². The number of nitrogens with zero attached hydrogens (tertiary/aromatic N) is 2. The van der Waals surface area contributed by atoms with Crippen molar-refractivity contribution in [2.45, 2.75) is 13.0 Å². The molecule has 1 heterocycles. The molecule has 0 atom stereocenters. The third-order valence-electron chi connectivity index (χ3n) is 1.92. The van der Waals surface area contributed by atoms with Gasteiger partial charge in [-0.05, 0) is 12.1 Å². The van der Waals surface area contributed by atoms with Gasteiger partial charge in [-0.1, -0.05) is 0 Å². The number of carbonyl (C=O) groups excluding carboxylic acids is 1. The standard InChI is InChI=1S/C10H11N3O3/c11-4-2-5-12-9(14)7-13-6-1-3-8(13)10(15)16/h1,3,6H,2,5,7H2,(H,12,14)(H,15,16). The maximum Gasteiger partial charge on any atom is 0.352 e. The lowest BCUT2D eigenvalue weighted by Crippen LogP contribution is -2.29. The Morgan fingerprint density at radius 1 is 1.56 bits per heavy atom. The van der Waals surface area contributed by atoms with Crippen LogP contribution < -0.4 is 5.32 Å². The van der Waals surface area contributed by atoms with Crippen molar-refractivity contribution < 1.29 is 14.7 Å². The molecule has 0 fully saturated rings. The molecule has 1 aromatic rings. The Balaban J connectivity index is 2.53. The molecule has 0 radical (unpaired) electrons. The van der Waals surface area contributed by atoms with Crippen LogP contribution in [0.15, 0.2) is 18.3 Å². The van der Waals surface area contributed by atoms with Crippen LogP contribution in [0.5, 0.6) is 0 Å². The summed E-state index contributed by atoms with van der Waals surface area (Å²) < 4.78 is 1.34. The maximum atomic E-state index is 11.3. The number of carbonyl (C=O) groups is 2. The number of rotatable bonds is 5. The molecule has 0 bridgehead atoms. The third-order valence-corrected chi connectivity index (χ3v) is 1.92. The molecule has 1 amide bonds. The molecular weight excluding hydrogens is 210 g/mol. The van der Waals surface area contributed by atoms with E-state index in [9.17, 15) is 9.59 Å². The number of nitrogens with one attached hydrogen (secondary N) is 1. The van der Waals surface area contributed by atoms with E-state index in [-0.39, 0.29) is 31.1 Å². The Hall–Kier alpha value is -2.29. The van der Waals surface area contributed by atoms with Crippen molar-refractivity contribution in [2.75, 3.05) is 6.54 Å². The molecule has 6 heteroatoms. The Bertz CT molecular complexity index is 431. The number of nitriles is 1. The van der Waals surface area contributed by atoms with Gasteiger partial charge in [0.25, 0.3) is 0 Å². The van der Waals surface area contributed by atoms with Crippen LogP contribution in [-0.2, 0) is 11.3 Å². The van der Waals surface area contributed by atoms with Gasteiger partial charge >= 0.3 is 5.97 Å². The Kier molecular flexibility index (Phi) is 4.09. The lowest BCUT2D eigenvalue weighted by atomic mass is 10.4. The highest BCUT2D eigenvalue weighted by atomic mass is 16.4. The second-order valence-corrected chi connectivity index (χ2v) is 3.08. The second kappa shape index (κ2) is 5.56. The zero-order valence-electron chi connectivity index (χ0n) is 8.51. The van der Waals surface area contributed by atoms with Crippen LogP contribution in [-0.4, -0.2) is 28.1 Å². The summed E-state index contributed by atoms with van der Waals surface area (Å²) in [6.45, 7) is 0.221. The quantitative estimate of drug-likeness (QED) is 0.695. The van der Waals surface area contributed by atoms with Gasteiger partial charge in [0.1, 0.15) is 12.2 Å². The van der Waals surface area contributed by atoms with Crippen LogP contribution in [0.4, 0.5) is 0 Å². The number of hydrogen-bond acceptors (Lipinski definition) is 3. The van der Waals surface area contributed by atoms with E-state index in [1.54, 1.807) is 6.07 Å². The van der Waals surface area contributed by atoms with Gasteiger partial charge in [0, 0.05) is 12.7 Å². The molecule has 0 aliphatic rings. The van der Waals surface area contributed by atoms with Crippen molar-refractivity contribution >= 4 is 11.9 Å². The Morgan fingerprint density at radius 3 is 2.94 bits per heavy atom. The molecule has 6 nitrogen and oxygen atoms in total. The molecule has 0 aliphatic heterocycles. The molecule has 0 spiro atoms. The predicted molar refractivity (Wildman–Crippen MR) is 54.6 cm³/mol. The van der Waals surface area contributed by atoms with E-state index < -0.39 is 5.97 Å². The highest BCUT2D eigenvalue weighted by molar-refractivity contribution is 5.86. The van der Waals surface area contributed by atoms with E-state index in [4.69, 9.17) is 10.4 Å². The van der Waals surface area contributed by atoms with Gasteiger partial charge in [0.15, 0.2) is 0 Å². The fourth-order valence-electron chi connectivity index (χ4n) is 1.21. The lowest BCUT2D eigenvalue weighted by molar-refractivity contribution is -0.121. The summed E-state index contributed by atoms with van der Waals surface area (Å²) in [4.78, 5) is 22.1. The van der Waals surface area contributed by atoms with Gasteiger partial charge in [-0.3, -0.25) is 4.79 Å². The first-order valence-electron chi connectivity index (χ1n) is 4.67. The molecule has 0 aromatic carbocycles. The smallest absolute Gasteiger partial charge is 0.352 e. The number of carboxylic acid groups (broad SMARTS) is 1. The first-order valence-corrected chi connectivity index (χ1v) is 4.67. The number of hydrogen-bond donors (Lipinski definition) is 2. The van der Waals surface area contributed by atoms with E-state index >= 15 is 0 Å². The SMILES string of the molecule is N#CCCNC(=O)Cn1cccc1C(=O)O. The summed E-state index contributed by atoms with van der Waals surface area (Å²) in [6.07, 6.45) is 1.76. The van der Waals surface area contributed by atoms with Gasteiger partial charge in [0.2, 0.25) is 5.91 Å². The minimum Gasteiger partial charge on any atom is -0.477 e. The lowest BCUT2D eigenvalue weighted by Gasteiger charge is -2.06. The molecule has 16 heavy (non-hydrogen) atoms. The normalized spacial score (nSPS) is 9.44. The van der Waals surface area contributed by atoms with Crippen molar-refractivity contribution in [3.8, 4) is 6.07 Å². The fourth-order valence-corrected chi connectivity index (χ4v) is 1.21. The van der Waals surface area contributed by atoms with Crippen LogP contribution in [0.3, 0.4) is 0 Å². The van der Waals surface area contributed by atoms with Crippen molar-refractivity contribution in [3.05, 3.63) is 24.0 Å². The number of aromatic nitrogens is 1. The zero-order chi connectivity index (χ0) is 12.0. The van der Waals surface area contributed by atoms with Crippen molar-refractivity contribution in [3.63, 3.8) is 0 Å². The molecule has 0 saturated heterocycles. The van der Waals surface area contributed by atoms with Crippen molar-refractivity contribution in [2.24, 2.45) is 0 Å². The Labute approximate surface area is 92.1 Å². The Morgan fingerprint density at radius 2 is 2.31 bits per heavy atom. The third kappa shape index (κ3) is 3.13. The summed E-state index contributed by atoms with van der Waals surface area (Å²) in [5.41, 5.74) is 0.0652. The fraction of sp³-hybridized carbons (Fsp3) is 0.300. The first kappa shape index (κ1) is 11.8. The zero-order valence-corrected chi connectivity index (χ0v) is 8.51. The topological polar surface area (TPSA) is 95.1 Å². The summed E-state index contributed by atoms with van der Waals surface area (Å²) in [5, 5.41) is 19.6. The number of aromatic carboxylic acids is 1. The van der Waals surface area contributed by atoms with E-state index in [1.165, 1.54) is 16.8 Å². The first-order chi connectivity index (χ1) is 7.65. The van der Waals surface area contributed by atoms with E-state index in [0.29, 0.717) is 0 Å². The molecule has 1 aromatic heterocycles. The second-order valence-electron chi connectivity index (χ2n) is 3.08. The molecular formula is C10H11N3O3. The van der Waals surface area contributed by atoms with Gasteiger partial charge in [-0.15, -0.1) is 0 Å². The van der Waals surface area contributed by atoms with Gasteiger partial charge in [-0.25, -0.2) is 4.79 Å². The molecule has 0 aliphatic carbocycles. The minimum absolute atomic E-state index is 0.0555. The van der Waals surface area contributed by atoms with Gasteiger partial charge < -0.3 is 15.0 Å². The highest BCUT2D eigenvalue weighted by Crippen LogP contribution is 2.01. The summed E-state index contributed by atoms with van der Waals surface area (Å²) in [7, 11) is 0. The van der Waals surface area contributed by atoms with Crippen molar-refractivity contribution in [1.29, 1.82) is 5.26 Å². The molecule has 2 N–H and O–H groups in total. The van der Waals surface area contributed by atoms with Crippen LogP contribution >= 0.6 is 0 Å². The van der Waals surface area contributed by atoms with Gasteiger partial charge in [-0.2, -0.15) is 5.26 Å². The van der Waals surface area contributed by atoms with Crippen LogP contribution in [0.2, 0.25) is 0 Å². The van der Waals surface area contributed by atoms with Crippen LogP contribution in [0.1, 0.15) is 16.9 Å². The molecule has 84 valence electrons. The largest absolute Gasteiger partial charge is 0.477 e. The van der Waals surface area contributed by atoms with Crippen LogP contribution in [0, 0.1) is 11.3 Å². The minimum atomic E-state index is -1.07. The average molecular weight is 221 g/mol. The predicted octanol–water partition coefficient (Wildman–Crippen LogP) is 0.216. The average Bonchev–Trinajstić information content (AvgIpc) is 2.66. The molecule has 0 unspecified atom stereocenters. The summed E-state index contributed by atoms with van der Waals surface area (Å²) in [5.74, 6) is -1.39. The summed E-state index contributed by atoms with van der Waals surface area (Å²) >= 11 is 0. The molecule has 0 saturated carbocycles.